The minimum absolute atomic E-state index is 0. The molecule has 0 bridgehead atoms. The number of amides is 2. The third kappa shape index (κ3) is 12.8. The van der Waals surface area contributed by atoms with Gasteiger partial charge in [-0.15, -0.1) is 0 Å². The van der Waals surface area contributed by atoms with E-state index in [1.165, 1.54) is 0 Å². The van der Waals surface area contributed by atoms with E-state index in [0.29, 0.717) is 0 Å². The Morgan fingerprint density at radius 1 is 0.526 bits per heavy atom. The average Bonchev–Trinajstić information content (AvgIpc) is 3.68. The molecule has 6 rings (SSSR count). The average molecular weight is 856 g/mol. The van der Waals surface area contributed by atoms with E-state index >= 15 is 0 Å². The molecule has 0 unspecified atom stereocenters. The molecule has 0 fully saturated rings. The number of nitrogens with one attached hydrogen (secondary N) is 4. The van der Waals surface area contributed by atoms with Gasteiger partial charge in [0.15, 0.2) is 0 Å². The van der Waals surface area contributed by atoms with Gasteiger partial charge >= 0.3 is 16.5 Å². The number of guanidine groups is 4. The smallest absolute Gasteiger partial charge is 0.383 e. The quantitative estimate of drug-likeness (QED) is 0.130. The zero-order valence-electron chi connectivity index (χ0n) is 33.0. The largest absolute Gasteiger partial charge is 2.00 e. The van der Waals surface area contributed by atoms with Crippen LogP contribution in [-0.4, -0.2) is 107 Å². The van der Waals surface area contributed by atoms with Gasteiger partial charge in [0.05, 0.1) is 0 Å². The van der Waals surface area contributed by atoms with E-state index in [1.54, 1.807) is 63.0 Å². The summed E-state index contributed by atoms with van der Waals surface area (Å²) < 4.78 is 19.1. The van der Waals surface area contributed by atoms with E-state index in [0.717, 1.165) is 22.3 Å². The van der Waals surface area contributed by atoms with Crippen LogP contribution < -0.4 is 10.6 Å². The van der Waals surface area contributed by atoms with E-state index < -0.39 is 32.7 Å². The molecule has 57 heavy (non-hydrogen) atoms. The van der Waals surface area contributed by atoms with Crippen LogP contribution in [0.1, 0.15) is 22.3 Å². The fraction of sp³-hybridized carbons (Fsp3) is 0.250. The fourth-order valence-electron chi connectivity index (χ4n) is 5.17. The minimum Gasteiger partial charge on any atom is -0.383 e. The second-order valence-corrected chi connectivity index (χ2v) is 15.8. The van der Waals surface area contributed by atoms with Crippen molar-refractivity contribution < 1.29 is 34.5 Å². The van der Waals surface area contributed by atoms with Crippen molar-refractivity contribution in [3.8, 4) is 0 Å². The van der Waals surface area contributed by atoms with Crippen LogP contribution >= 0.6 is 0 Å². The first kappa shape index (κ1) is 47.6. The van der Waals surface area contributed by atoms with Crippen LogP contribution in [0.2, 0.25) is 0 Å². The number of carbonyl (C=O) groups is 2. The molecule has 0 aromatic heterocycles. The van der Waals surface area contributed by atoms with Gasteiger partial charge in [-0.05, 0) is 22.3 Å². The van der Waals surface area contributed by atoms with Crippen molar-refractivity contribution in [2.24, 2.45) is 9.98 Å². The van der Waals surface area contributed by atoms with Crippen LogP contribution in [-0.2, 0) is 58.8 Å². The summed E-state index contributed by atoms with van der Waals surface area (Å²) in [5.74, 6) is -0.217. The maximum absolute atomic E-state index is 12.9. The van der Waals surface area contributed by atoms with Gasteiger partial charge < -0.3 is 41.1 Å². The van der Waals surface area contributed by atoms with Crippen LogP contribution in [0.5, 0.6) is 0 Å². The SMILES string of the molecule is CN(C)C(=N)NC1=NC(c2ccccc2)(c2ccccc2)C(=O)[N-]1.CN(C)C(=N)NC1=NC(c2ccccc2)(c2ccccc2)C(=O)[N-]1.CS(C)=O.CS(C)=O.[Ni+2]. The molecule has 2 amide bonds. The van der Waals surface area contributed by atoms with Crippen molar-refractivity contribution >= 4 is 57.3 Å². The van der Waals surface area contributed by atoms with E-state index in [9.17, 15) is 18.0 Å². The summed E-state index contributed by atoms with van der Waals surface area (Å²) in [7, 11) is 5.70. The van der Waals surface area contributed by atoms with Crippen LogP contribution in [0.15, 0.2) is 131 Å². The monoisotopic (exact) mass is 854 g/mol. The summed E-state index contributed by atoms with van der Waals surface area (Å²) >= 11 is 0. The van der Waals surface area contributed by atoms with Crippen molar-refractivity contribution in [1.29, 1.82) is 10.8 Å². The molecule has 0 spiro atoms. The molecule has 0 atom stereocenters. The fourth-order valence-corrected chi connectivity index (χ4v) is 5.17. The molecule has 4 N–H and O–H groups in total. The van der Waals surface area contributed by atoms with Gasteiger partial charge in [-0.2, -0.15) is 0 Å². The molecule has 4 aromatic carbocycles. The van der Waals surface area contributed by atoms with Crippen LogP contribution in [0.3, 0.4) is 0 Å². The second kappa shape index (κ2) is 22.3. The predicted molar refractivity (Wildman–Crippen MR) is 228 cm³/mol. The summed E-state index contributed by atoms with van der Waals surface area (Å²) in [6.45, 7) is 0. The van der Waals surface area contributed by atoms with Crippen molar-refractivity contribution in [3.05, 3.63) is 154 Å². The Hall–Kier alpha value is -5.51. The van der Waals surface area contributed by atoms with Crippen molar-refractivity contribution in [3.63, 3.8) is 0 Å². The van der Waals surface area contributed by atoms with Crippen molar-refractivity contribution in [2.45, 2.75) is 11.1 Å². The molecule has 0 aliphatic carbocycles. The molecule has 0 radical (unpaired) electrons. The zero-order valence-corrected chi connectivity index (χ0v) is 35.6. The Bertz CT molecular complexity index is 1830. The van der Waals surface area contributed by atoms with Gasteiger partial charge in [0, 0.05) is 86.7 Å². The first-order valence-corrected chi connectivity index (χ1v) is 21.0. The number of aliphatic imine (C=N–C) groups is 2. The topological polar surface area (TPSA) is 199 Å². The normalized spacial score (nSPS) is 14.2. The van der Waals surface area contributed by atoms with Crippen LogP contribution in [0.25, 0.3) is 10.6 Å². The molecule has 17 heteroatoms. The van der Waals surface area contributed by atoms with Crippen LogP contribution in [0.4, 0.5) is 0 Å². The van der Waals surface area contributed by atoms with Gasteiger partial charge in [-0.25, -0.2) is 0 Å². The first-order valence-electron chi connectivity index (χ1n) is 17.0. The third-order valence-electron chi connectivity index (χ3n) is 7.70. The van der Waals surface area contributed by atoms with E-state index in [1.807, 2.05) is 121 Å². The molecule has 4 aromatic rings. The Morgan fingerprint density at radius 2 is 0.737 bits per heavy atom. The molecular weight excluding hydrogens is 807 g/mol. The Labute approximate surface area is 349 Å². The standard InChI is InChI=1S/2C18H19N5O.2C2H6OS.Ni/c2*1-23(2)16(19)21-17-20-15(24)18(22-17,13-9-5-3-6-10-13)14-11-7-4-8-12-14;2*1-4(2)3;/h2*3-12H,1-2H3,(H3,19,20,21,22,24);2*1-2H3;/q;;;;+2/p-2. The van der Waals surface area contributed by atoms with Crippen molar-refractivity contribution in [2.75, 3.05) is 53.2 Å². The second-order valence-electron chi connectivity index (χ2n) is 12.8. The van der Waals surface area contributed by atoms with Crippen LogP contribution in [0, 0.1) is 10.8 Å². The summed E-state index contributed by atoms with van der Waals surface area (Å²) in [5.41, 5.74) is 0.571. The number of rotatable bonds is 4. The third-order valence-corrected chi connectivity index (χ3v) is 7.70. The Morgan fingerprint density at radius 3 is 0.930 bits per heavy atom. The Kier molecular flexibility index (Phi) is 18.6. The summed E-state index contributed by atoms with van der Waals surface area (Å²) in [5, 5.41) is 29.4. The maximum Gasteiger partial charge on any atom is 2.00 e. The maximum atomic E-state index is 12.9. The first-order chi connectivity index (χ1) is 26.5. The molecular formula is C40H48N10NiO4S2. The number of hydrogen-bond donors (Lipinski definition) is 4. The van der Waals surface area contributed by atoms with Gasteiger partial charge in [0.1, 0.15) is 23.0 Å². The summed E-state index contributed by atoms with van der Waals surface area (Å²) in [6.07, 6.45) is 6.56. The van der Waals surface area contributed by atoms with E-state index in [4.69, 9.17) is 10.8 Å². The molecule has 0 saturated carbocycles. The molecule has 0 saturated heterocycles. The number of hydrogen-bond acceptors (Lipinski definition) is 8. The van der Waals surface area contributed by atoms with Gasteiger partial charge in [-0.1, -0.05) is 121 Å². The number of nitrogens with zero attached hydrogens (tertiary/aromatic N) is 6. The molecule has 304 valence electrons. The number of carbonyl (C=O) groups excluding carboxylic acids is 2. The molecule has 14 nitrogen and oxygen atoms in total. The molecule has 2 aliphatic heterocycles. The summed E-state index contributed by atoms with van der Waals surface area (Å²) in [6, 6.07) is 37.5. The summed E-state index contributed by atoms with van der Waals surface area (Å²) in [4.78, 5) is 38.0. The molecule has 2 aliphatic rings. The zero-order chi connectivity index (χ0) is 41.5. The van der Waals surface area contributed by atoms with E-state index in [2.05, 4.69) is 31.3 Å². The molecule has 2 heterocycles. The predicted octanol–water partition coefficient (Wildman–Crippen LogP) is 4.56. The van der Waals surface area contributed by atoms with E-state index in [-0.39, 0.29) is 52.1 Å². The number of benzene rings is 4. The van der Waals surface area contributed by atoms with Gasteiger partial charge in [-0.3, -0.25) is 28.8 Å². The van der Waals surface area contributed by atoms with Gasteiger partial charge in [0.2, 0.25) is 11.8 Å². The Balaban J connectivity index is 0.000000327. The van der Waals surface area contributed by atoms with Crippen molar-refractivity contribution in [1.82, 2.24) is 20.4 Å². The minimum atomic E-state index is -1.21. The van der Waals surface area contributed by atoms with Gasteiger partial charge in [0.25, 0.3) is 0 Å².